The van der Waals surface area contributed by atoms with E-state index in [1.807, 2.05) is 11.3 Å². The van der Waals surface area contributed by atoms with E-state index in [1.54, 1.807) is 5.57 Å². The van der Waals surface area contributed by atoms with Gasteiger partial charge in [-0.2, -0.15) is 0 Å². The lowest BCUT2D eigenvalue weighted by atomic mass is 9.76. The lowest BCUT2D eigenvalue weighted by Gasteiger charge is -2.29. The highest BCUT2D eigenvalue weighted by Crippen LogP contribution is 2.47. The number of nitrogens with one attached hydrogen (secondary N) is 1. The molecule has 4 aliphatic rings. The number of fused-ring (bicyclic) bond motifs is 5. The van der Waals surface area contributed by atoms with Gasteiger partial charge < -0.3 is 5.32 Å². The van der Waals surface area contributed by atoms with Crippen LogP contribution in [0.1, 0.15) is 92.2 Å². The molecule has 2 heteroatoms. The normalized spacial score (nSPS) is 26.7. The molecule has 1 N–H and O–H groups in total. The van der Waals surface area contributed by atoms with Crippen LogP contribution >= 0.6 is 11.3 Å². The van der Waals surface area contributed by atoms with Gasteiger partial charge in [0, 0.05) is 33.1 Å². The van der Waals surface area contributed by atoms with E-state index < -0.39 is 0 Å². The summed E-state index contributed by atoms with van der Waals surface area (Å²) in [5, 5.41) is 5.21. The van der Waals surface area contributed by atoms with Crippen LogP contribution in [-0.4, -0.2) is 6.04 Å². The van der Waals surface area contributed by atoms with Gasteiger partial charge in [-0.1, -0.05) is 79.6 Å². The van der Waals surface area contributed by atoms with E-state index in [0.717, 1.165) is 18.8 Å². The molecule has 4 atom stereocenters. The zero-order valence-electron chi connectivity index (χ0n) is 22.1. The molecule has 2 heterocycles. The molecule has 2 aromatic carbocycles. The Morgan fingerprint density at radius 3 is 2.95 bits per heavy atom. The third-order valence-electron chi connectivity index (χ3n) is 9.28. The summed E-state index contributed by atoms with van der Waals surface area (Å²) in [7, 11) is 0. The summed E-state index contributed by atoms with van der Waals surface area (Å²) in [6.07, 6.45) is 21.3. The Labute approximate surface area is 225 Å². The van der Waals surface area contributed by atoms with Crippen molar-refractivity contribution in [2.24, 2.45) is 5.92 Å². The number of anilines is 1. The van der Waals surface area contributed by atoms with Crippen molar-refractivity contribution in [1.82, 2.24) is 0 Å². The fourth-order valence-electron chi connectivity index (χ4n) is 7.23. The van der Waals surface area contributed by atoms with Crippen molar-refractivity contribution in [2.75, 3.05) is 5.32 Å². The maximum Gasteiger partial charge on any atom is 0.0382 e. The third kappa shape index (κ3) is 4.05. The first-order valence-electron chi connectivity index (χ1n) is 14.4. The monoisotopic (exact) mass is 503 g/mol. The van der Waals surface area contributed by atoms with Crippen molar-refractivity contribution in [2.45, 2.75) is 76.7 Å². The first kappa shape index (κ1) is 23.3. The second kappa shape index (κ2) is 9.48. The van der Waals surface area contributed by atoms with Gasteiger partial charge in [-0.25, -0.2) is 0 Å². The zero-order chi connectivity index (χ0) is 24.9. The smallest absolute Gasteiger partial charge is 0.0382 e. The SMILES string of the molecule is CCC(=CC1c2cc(C3CC=Cc4c3sc3ccccc43)ccc2NC1C)C1=CCC2CCCCC2=C1. The Hall–Kier alpha value is -2.84. The van der Waals surface area contributed by atoms with Crippen molar-refractivity contribution in [3.8, 4) is 0 Å². The van der Waals surface area contributed by atoms with Gasteiger partial charge in [-0.3, -0.25) is 0 Å². The van der Waals surface area contributed by atoms with E-state index in [9.17, 15) is 0 Å². The molecule has 1 saturated carbocycles. The van der Waals surface area contributed by atoms with Gasteiger partial charge in [0.25, 0.3) is 0 Å². The number of rotatable bonds is 4. The predicted molar refractivity (Wildman–Crippen MR) is 161 cm³/mol. The quantitative estimate of drug-likeness (QED) is 0.373. The molecule has 1 nitrogen and oxygen atoms in total. The third-order valence-corrected chi connectivity index (χ3v) is 10.6. The number of hydrogen-bond acceptors (Lipinski definition) is 2. The standard InChI is InChI=1S/C35H37NS/c1-3-23(26-16-15-24-9-4-5-10-25(24)19-26)20-31-22(2)36-33-18-17-27(21-32(31)33)28-12-8-13-30-29-11-6-7-14-34(29)37-35(28)30/h6-8,11,13-14,16-22,24,28,31,36H,3-5,9-10,12,15H2,1-2H3. The molecule has 4 unspecified atom stereocenters. The average Bonchev–Trinajstić information content (AvgIpc) is 3.47. The maximum absolute atomic E-state index is 3.81. The minimum atomic E-state index is 0.411. The number of thiophene rings is 1. The number of allylic oxidation sites excluding steroid dienone is 6. The van der Waals surface area contributed by atoms with Crippen molar-refractivity contribution in [1.29, 1.82) is 0 Å². The van der Waals surface area contributed by atoms with Gasteiger partial charge in [-0.15, -0.1) is 11.3 Å². The lowest BCUT2D eigenvalue weighted by Crippen LogP contribution is -2.16. The molecule has 0 spiro atoms. The van der Waals surface area contributed by atoms with E-state index in [-0.39, 0.29) is 0 Å². The van der Waals surface area contributed by atoms with Crippen LogP contribution in [0, 0.1) is 5.92 Å². The van der Waals surface area contributed by atoms with E-state index in [2.05, 4.69) is 92.0 Å². The Kier molecular flexibility index (Phi) is 5.96. The van der Waals surface area contributed by atoms with Crippen LogP contribution in [-0.2, 0) is 0 Å². The summed E-state index contributed by atoms with van der Waals surface area (Å²) in [5.74, 6) is 1.67. The van der Waals surface area contributed by atoms with Crippen molar-refractivity contribution >= 4 is 33.2 Å². The van der Waals surface area contributed by atoms with Crippen molar-refractivity contribution < 1.29 is 0 Å². The highest BCUT2D eigenvalue weighted by atomic mass is 32.1. The summed E-state index contributed by atoms with van der Waals surface area (Å²) < 4.78 is 1.41. The predicted octanol–water partition coefficient (Wildman–Crippen LogP) is 10.1. The highest BCUT2D eigenvalue weighted by molar-refractivity contribution is 7.19. The molecule has 3 aromatic rings. The van der Waals surface area contributed by atoms with Crippen LogP contribution in [0.5, 0.6) is 0 Å². The van der Waals surface area contributed by atoms with Gasteiger partial charge >= 0.3 is 0 Å². The van der Waals surface area contributed by atoms with E-state index in [0.29, 0.717) is 17.9 Å². The van der Waals surface area contributed by atoms with Crippen LogP contribution in [0.4, 0.5) is 5.69 Å². The maximum atomic E-state index is 3.81. The van der Waals surface area contributed by atoms with Gasteiger partial charge in [-0.05, 0) is 96.7 Å². The fraction of sp³-hybridized carbons (Fsp3) is 0.371. The van der Waals surface area contributed by atoms with E-state index >= 15 is 0 Å². The molecular weight excluding hydrogens is 466 g/mol. The van der Waals surface area contributed by atoms with Crippen LogP contribution in [0.2, 0.25) is 0 Å². The largest absolute Gasteiger partial charge is 0.381 e. The van der Waals surface area contributed by atoms with Crippen LogP contribution in [0.25, 0.3) is 16.2 Å². The van der Waals surface area contributed by atoms with Crippen LogP contribution in [0.15, 0.2) is 83.5 Å². The first-order valence-corrected chi connectivity index (χ1v) is 15.2. The minimum absolute atomic E-state index is 0.411. The summed E-state index contributed by atoms with van der Waals surface area (Å²) in [5.41, 5.74) is 10.4. The molecule has 0 radical (unpaired) electrons. The van der Waals surface area contributed by atoms with Crippen molar-refractivity contribution in [3.05, 3.63) is 105 Å². The summed E-state index contributed by atoms with van der Waals surface area (Å²) in [6, 6.07) is 16.6. The topological polar surface area (TPSA) is 12.0 Å². The van der Waals surface area contributed by atoms with Crippen LogP contribution < -0.4 is 5.32 Å². The summed E-state index contributed by atoms with van der Waals surface area (Å²) in [6.45, 7) is 4.69. The Morgan fingerprint density at radius 2 is 2.03 bits per heavy atom. The van der Waals surface area contributed by atoms with Gasteiger partial charge in [0.15, 0.2) is 0 Å². The summed E-state index contributed by atoms with van der Waals surface area (Å²) in [4.78, 5) is 1.53. The molecule has 7 rings (SSSR count). The molecule has 1 aliphatic heterocycles. The van der Waals surface area contributed by atoms with E-state index in [4.69, 9.17) is 0 Å². The Morgan fingerprint density at radius 1 is 1.11 bits per heavy atom. The molecule has 1 aromatic heterocycles. The highest BCUT2D eigenvalue weighted by Gasteiger charge is 2.31. The van der Waals surface area contributed by atoms with Gasteiger partial charge in [0.1, 0.15) is 0 Å². The number of hydrogen-bond donors (Lipinski definition) is 1. The lowest BCUT2D eigenvalue weighted by molar-refractivity contribution is 0.451. The zero-order valence-corrected chi connectivity index (χ0v) is 22.9. The fourth-order valence-corrected chi connectivity index (χ4v) is 8.56. The number of benzene rings is 2. The average molecular weight is 504 g/mol. The molecule has 37 heavy (non-hydrogen) atoms. The molecular formula is C35H37NS. The van der Waals surface area contributed by atoms with Crippen molar-refractivity contribution in [3.63, 3.8) is 0 Å². The molecule has 0 bridgehead atoms. The summed E-state index contributed by atoms with van der Waals surface area (Å²) >= 11 is 1.99. The first-order chi connectivity index (χ1) is 18.2. The second-order valence-corrected chi connectivity index (χ2v) is 12.6. The molecule has 0 saturated heterocycles. The Balaban J connectivity index is 1.24. The second-order valence-electron chi connectivity index (χ2n) is 11.5. The van der Waals surface area contributed by atoms with Gasteiger partial charge in [0.05, 0.1) is 0 Å². The minimum Gasteiger partial charge on any atom is -0.381 e. The molecule has 188 valence electrons. The Bertz CT molecular complexity index is 1480. The molecule has 1 fully saturated rings. The van der Waals surface area contributed by atoms with E-state index in [1.165, 1.54) is 80.6 Å². The molecule has 0 amide bonds. The van der Waals surface area contributed by atoms with Gasteiger partial charge in [0.2, 0.25) is 0 Å². The van der Waals surface area contributed by atoms with Crippen LogP contribution in [0.3, 0.4) is 0 Å². The molecule has 3 aliphatic carbocycles.